The molecule has 0 saturated heterocycles. The van der Waals surface area contributed by atoms with E-state index in [9.17, 15) is 9.59 Å². The smallest absolute Gasteiger partial charge is 0.273 e. The number of carbonyl (C=O) groups excluding carboxylic acids is 2. The SMILES string of the molecule is CCC(=O)c1ccc2c(c1)N(C(C)C)C(=O)C(c1ccccc1)O2. The summed E-state index contributed by atoms with van der Waals surface area (Å²) in [4.78, 5) is 26.7. The van der Waals surface area contributed by atoms with E-state index in [1.54, 1.807) is 23.1 Å². The van der Waals surface area contributed by atoms with Crippen LogP contribution in [0.2, 0.25) is 0 Å². The fourth-order valence-corrected chi connectivity index (χ4v) is 2.98. The van der Waals surface area contributed by atoms with Crippen LogP contribution in [0.5, 0.6) is 5.75 Å². The molecule has 124 valence electrons. The minimum Gasteiger partial charge on any atom is -0.474 e. The minimum atomic E-state index is -0.658. The highest BCUT2D eigenvalue weighted by atomic mass is 16.5. The molecule has 1 amide bonds. The summed E-state index contributed by atoms with van der Waals surface area (Å²) in [7, 11) is 0. The Morgan fingerprint density at radius 2 is 1.88 bits per heavy atom. The summed E-state index contributed by atoms with van der Waals surface area (Å²) in [5.74, 6) is 0.578. The van der Waals surface area contributed by atoms with Gasteiger partial charge in [0.05, 0.1) is 5.69 Å². The van der Waals surface area contributed by atoms with Crippen LogP contribution in [0.4, 0.5) is 5.69 Å². The molecule has 2 aromatic carbocycles. The number of nitrogens with zero attached hydrogens (tertiary/aromatic N) is 1. The van der Waals surface area contributed by atoms with Gasteiger partial charge in [-0.2, -0.15) is 0 Å². The van der Waals surface area contributed by atoms with Crippen molar-refractivity contribution in [3.05, 3.63) is 59.7 Å². The van der Waals surface area contributed by atoms with Crippen LogP contribution in [0.1, 0.15) is 49.2 Å². The lowest BCUT2D eigenvalue weighted by atomic mass is 10.0. The molecule has 1 unspecified atom stereocenters. The summed E-state index contributed by atoms with van der Waals surface area (Å²) >= 11 is 0. The zero-order valence-corrected chi connectivity index (χ0v) is 14.2. The van der Waals surface area contributed by atoms with Gasteiger partial charge in [-0.1, -0.05) is 37.3 Å². The average molecular weight is 323 g/mol. The number of ketones is 1. The molecule has 1 aliphatic rings. The number of rotatable bonds is 4. The van der Waals surface area contributed by atoms with Gasteiger partial charge in [0.15, 0.2) is 5.78 Å². The maximum Gasteiger partial charge on any atom is 0.273 e. The molecule has 0 saturated carbocycles. The highest BCUT2D eigenvalue weighted by Crippen LogP contribution is 2.40. The van der Waals surface area contributed by atoms with E-state index in [-0.39, 0.29) is 17.7 Å². The Kier molecular flexibility index (Phi) is 4.38. The van der Waals surface area contributed by atoms with Crippen LogP contribution in [-0.4, -0.2) is 17.7 Å². The van der Waals surface area contributed by atoms with Gasteiger partial charge in [0.2, 0.25) is 6.10 Å². The maximum absolute atomic E-state index is 13.0. The molecule has 0 fully saturated rings. The lowest BCUT2D eigenvalue weighted by Crippen LogP contribution is -2.45. The molecular weight excluding hydrogens is 302 g/mol. The number of hydrogen-bond acceptors (Lipinski definition) is 3. The molecule has 0 aliphatic carbocycles. The van der Waals surface area contributed by atoms with Crippen molar-refractivity contribution >= 4 is 17.4 Å². The first-order valence-corrected chi connectivity index (χ1v) is 8.24. The zero-order chi connectivity index (χ0) is 17.3. The average Bonchev–Trinajstić information content (AvgIpc) is 2.60. The van der Waals surface area contributed by atoms with Crippen molar-refractivity contribution < 1.29 is 14.3 Å². The summed E-state index contributed by atoms with van der Waals surface area (Å²) in [6.45, 7) is 5.75. The molecule has 0 N–H and O–H groups in total. The standard InChI is InChI=1S/C20H21NO3/c1-4-17(22)15-10-11-18-16(12-15)21(13(2)3)20(23)19(24-18)14-8-6-5-7-9-14/h5-13,19H,4H2,1-3H3. The van der Waals surface area contributed by atoms with E-state index in [0.29, 0.717) is 23.4 Å². The van der Waals surface area contributed by atoms with Gasteiger partial charge in [0.25, 0.3) is 5.91 Å². The number of benzene rings is 2. The van der Waals surface area contributed by atoms with E-state index in [4.69, 9.17) is 4.74 Å². The van der Waals surface area contributed by atoms with Crippen LogP contribution >= 0.6 is 0 Å². The highest BCUT2D eigenvalue weighted by molar-refractivity contribution is 6.03. The number of anilines is 1. The molecular formula is C20H21NO3. The third-order valence-corrected chi connectivity index (χ3v) is 4.19. The van der Waals surface area contributed by atoms with Crippen molar-refractivity contribution in [3.8, 4) is 5.75 Å². The zero-order valence-electron chi connectivity index (χ0n) is 14.2. The van der Waals surface area contributed by atoms with Gasteiger partial charge >= 0.3 is 0 Å². The number of Topliss-reactive ketones (excluding diaryl/α,β-unsaturated/α-hetero) is 1. The van der Waals surface area contributed by atoms with Gasteiger partial charge in [-0.15, -0.1) is 0 Å². The quantitative estimate of drug-likeness (QED) is 0.794. The second-order valence-electron chi connectivity index (χ2n) is 6.17. The molecule has 2 aromatic rings. The molecule has 4 nitrogen and oxygen atoms in total. The molecule has 1 aliphatic heterocycles. The first kappa shape index (κ1) is 16.2. The monoisotopic (exact) mass is 323 g/mol. The lowest BCUT2D eigenvalue weighted by molar-refractivity contribution is -0.127. The highest BCUT2D eigenvalue weighted by Gasteiger charge is 2.37. The summed E-state index contributed by atoms with van der Waals surface area (Å²) in [5, 5.41) is 0. The molecule has 24 heavy (non-hydrogen) atoms. The number of ether oxygens (including phenoxy) is 1. The fourth-order valence-electron chi connectivity index (χ4n) is 2.98. The Labute approximate surface area is 142 Å². The summed E-state index contributed by atoms with van der Waals surface area (Å²) in [6, 6.07) is 14.8. The second kappa shape index (κ2) is 6.48. The van der Waals surface area contributed by atoms with Gasteiger partial charge in [-0.3, -0.25) is 9.59 Å². The summed E-state index contributed by atoms with van der Waals surface area (Å²) < 4.78 is 5.98. The number of fused-ring (bicyclic) bond motifs is 1. The molecule has 0 bridgehead atoms. The van der Waals surface area contributed by atoms with Crippen molar-refractivity contribution in [3.63, 3.8) is 0 Å². The predicted molar refractivity (Wildman–Crippen MR) is 93.5 cm³/mol. The van der Waals surface area contributed by atoms with E-state index in [1.165, 1.54) is 0 Å². The first-order valence-electron chi connectivity index (χ1n) is 8.24. The van der Waals surface area contributed by atoms with Crippen molar-refractivity contribution in [2.45, 2.75) is 39.3 Å². The van der Waals surface area contributed by atoms with Gasteiger partial charge in [-0.25, -0.2) is 0 Å². The van der Waals surface area contributed by atoms with Gasteiger partial charge in [0.1, 0.15) is 5.75 Å². The van der Waals surface area contributed by atoms with Crippen molar-refractivity contribution in [1.82, 2.24) is 0 Å². The van der Waals surface area contributed by atoms with Crippen molar-refractivity contribution in [2.75, 3.05) is 4.90 Å². The third kappa shape index (κ3) is 2.80. The molecule has 3 rings (SSSR count). The molecule has 0 spiro atoms. The van der Waals surface area contributed by atoms with E-state index in [0.717, 1.165) is 5.56 Å². The fraction of sp³-hybridized carbons (Fsp3) is 0.300. The summed E-state index contributed by atoms with van der Waals surface area (Å²) in [6.07, 6.45) is -0.226. The summed E-state index contributed by atoms with van der Waals surface area (Å²) in [5.41, 5.74) is 2.10. The Hall–Kier alpha value is -2.62. The third-order valence-electron chi connectivity index (χ3n) is 4.19. The predicted octanol–water partition coefficient (Wildman–Crippen LogP) is 4.15. The van der Waals surface area contributed by atoms with Crippen LogP contribution in [0.3, 0.4) is 0 Å². The topological polar surface area (TPSA) is 46.6 Å². The molecule has 1 heterocycles. The molecule has 0 aromatic heterocycles. The largest absolute Gasteiger partial charge is 0.474 e. The van der Waals surface area contributed by atoms with Crippen LogP contribution in [0.15, 0.2) is 48.5 Å². The number of carbonyl (C=O) groups is 2. The molecule has 0 radical (unpaired) electrons. The first-order chi connectivity index (χ1) is 11.5. The van der Waals surface area contributed by atoms with Crippen molar-refractivity contribution in [2.24, 2.45) is 0 Å². The second-order valence-corrected chi connectivity index (χ2v) is 6.17. The van der Waals surface area contributed by atoms with E-state index in [1.807, 2.05) is 51.1 Å². The minimum absolute atomic E-state index is 0.0293. The van der Waals surface area contributed by atoms with Gasteiger partial charge in [-0.05, 0) is 32.0 Å². The normalized spacial score (nSPS) is 16.8. The molecule has 1 atom stereocenters. The van der Waals surface area contributed by atoms with E-state index >= 15 is 0 Å². The number of hydrogen-bond donors (Lipinski definition) is 0. The number of amides is 1. The van der Waals surface area contributed by atoms with Crippen molar-refractivity contribution in [1.29, 1.82) is 0 Å². The Morgan fingerprint density at radius 1 is 1.17 bits per heavy atom. The van der Waals surface area contributed by atoms with E-state index < -0.39 is 6.10 Å². The van der Waals surface area contributed by atoms with E-state index in [2.05, 4.69) is 0 Å². The van der Waals surface area contributed by atoms with Crippen LogP contribution < -0.4 is 9.64 Å². The van der Waals surface area contributed by atoms with Crippen LogP contribution in [0.25, 0.3) is 0 Å². The molecule has 4 heteroatoms. The lowest BCUT2D eigenvalue weighted by Gasteiger charge is -2.37. The van der Waals surface area contributed by atoms with Gasteiger partial charge < -0.3 is 9.64 Å². The Bertz CT molecular complexity index is 768. The van der Waals surface area contributed by atoms with Gasteiger partial charge in [0, 0.05) is 23.6 Å². The van der Waals surface area contributed by atoms with Crippen LogP contribution in [-0.2, 0) is 4.79 Å². The maximum atomic E-state index is 13.0. The Morgan fingerprint density at radius 3 is 2.50 bits per heavy atom. The van der Waals surface area contributed by atoms with Crippen LogP contribution in [0, 0.1) is 0 Å². The Balaban J connectivity index is 2.07.